The number of benzene rings is 2. The van der Waals surface area contributed by atoms with E-state index in [9.17, 15) is 9.59 Å². The van der Waals surface area contributed by atoms with Crippen LogP contribution in [0.4, 0.5) is 5.69 Å². The van der Waals surface area contributed by atoms with E-state index in [1.54, 1.807) is 42.5 Å². The first kappa shape index (κ1) is 17.6. The molecule has 0 saturated heterocycles. The van der Waals surface area contributed by atoms with Crippen LogP contribution in [0.15, 0.2) is 51.8 Å². The molecule has 0 aliphatic carbocycles. The number of para-hydroxylation sites is 1. The number of amides is 1. The fourth-order valence-electron chi connectivity index (χ4n) is 2.95. The normalized spacial score (nSPS) is 10.9. The first-order chi connectivity index (χ1) is 13.5. The Kier molecular flexibility index (Phi) is 4.44. The van der Waals surface area contributed by atoms with Gasteiger partial charge in [0.1, 0.15) is 18.1 Å². The van der Waals surface area contributed by atoms with Crippen molar-refractivity contribution in [2.45, 2.75) is 20.5 Å². The van der Waals surface area contributed by atoms with E-state index in [0.29, 0.717) is 33.8 Å². The fraction of sp³-hybridized carbons (Fsp3) is 0.150. The molecule has 0 bridgehead atoms. The van der Waals surface area contributed by atoms with Gasteiger partial charge in [0.15, 0.2) is 0 Å². The predicted molar refractivity (Wildman–Crippen MR) is 104 cm³/mol. The maximum Gasteiger partial charge on any atom is 0.323 e. The van der Waals surface area contributed by atoms with Crippen molar-refractivity contribution < 1.29 is 14.1 Å². The van der Waals surface area contributed by atoms with Crippen LogP contribution in [-0.4, -0.2) is 21.0 Å². The molecule has 2 aromatic carbocycles. The zero-order valence-corrected chi connectivity index (χ0v) is 15.3. The number of carbonyl (C=O) groups excluding carboxylic acids is 1. The van der Waals surface area contributed by atoms with E-state index < -0.39 is 0 Å². The Bertz CT molecular complexity index is 1200. The van der Waals surface area contributed by atoms with Gasteiger partial charge in [0.25, 0.3) is 5.91 Å². The molecule has 0 aliphatic heterocycles. The molecule has 4 rings (SSSR count). The smallest absolute Gasteiger partial charge is 0.323 e. The molecular weight excluding hydrogens is 360 g/mol. The summed E-state index contributed by atoms with van der Waals surface area (Å²) in [6, 6.07) is 12.1. The minimum atomic E-state index is -0.313. The fourth-order valence-corrected chi connectivity index (χ4v) is 2.95. The Morgan fingerprint density at radius 1 is 1.14 bits per heavy atom. The zero-order valence-electron chi connectivity index (χ0n) is 15.3. The summed E-state index contributed by atoms with van der Waals surface area (Å²) in [5.74, 6) is 0.830. The summed E-state index contributed by atoms with van der Waals surface area (Å²) in [5.41, 5.74) is 3.57. The molecule has 142 valence electrons. The topological polar surface area (TPSA) is 113 Å². The quantitative estimate of drug-likeness (QED) is 0.493. The summed E-state index contributed by atoms with van der Waals surface area (Å²) in [4.78, 5) is 29.5. The summed E-state index contributed by atoms with van der Waals surface area (Å²) in [6.07, 6.45) is 0. The molecule has 3 N–H and O–H groups in total. The molecule has 2 aromatic heterocycles. The minimum Gasteiger partial charge on any atom is -0.488 e. The van der Waals surface area contributed by atoms with Crippen LogP contribution in [0.2, 0.25) is 0 Å². The van der Waals surface area contributed by atoms with Gasteiger partial charge in [-0.05, 0) is 44.2 Å². The molecule has 0 atom stereocenters. The number of nitrogens with zero attached hydrogens (tertiary/aromatic N) is 1. The number of ether oxygens (including phenoxy) is 1. The molecule has 0 radical (unpaired) electrons. The van der Waals surface area contributed by atoms with Crippen LogP contribution >= 0.6 is 0 Å². The maximum atomic E-state index is 12.8. The Balaban J connectivity index is 1.54. The molecule has 8 nitrogen and oxygen atoms in total. The molecule has 0 saturated carbocycles. The summed E-state index contributed by atoms with van der Waals surface area (Å²) >= 11 is 0. The second-order valence-electron chi connectivity index (χ2n) is 6.38. The first-order valence-corrected chi connectivity index (χ1v) is 8.68. The van der Waals surface area contributed by atoms with Crippen molar-refractivity contribution in [3.05, 3.63) is 75.5 Å². The van der Waals surface area contributed by atoms with Crippen LogP contribution in [0.5, 0.6) is 5.75 Å². The van der Waals surface area contributed by atoms with Crippen LogP contribution in [0.3, 0.4) is 0 Å². The second-order valence-corrected chi connectivity index (χ2v) is 6.38. The Morgan fingerprint density at radius 3 is 2.71 bits per heavy atom. The number of carbonyl (C=O) groups is 1. The number of H-pyrrole nitrogens is 2. The highest BCUT2D eigenvalue weighted by molar-refractivity contribution is 6.06. The standard InChI is InChI=1S/C20H18N4O4/c1-11-15(12(2)28-24-11)10-27-18-6-4-3-5-14(18)19(25)21-13-7-8-16-17(9-13)23-20(26)22-16/h3-9H,10H2,1-2H3,(H,21,25)(H2,22,23,26). The van der Waals surface area contributed by atoms with Crippen molar-refractivity contribution in [1.82, 2.24) is 15.1 Å². The van der Waals surface area contributed by atoms with Gasteiger partial charge in [-0.1, -0.05) is 17.3 Å². The van der Waals surface area contributed by atoms with Crippen molar-refractivity contribution in [2.24, 2.45) is 0 Å². The van der Waals surface area contributed by atoms with Gasteiger partial charge >= 0.3 is 5.69 Å². The van der Waals surface area contributed by atoms with Crippen LogP contribution in [0, 0.1) is 13.8 Å². The van der Waals surface area contributed by atoms with Gasteiger partial charge in [0.2, 0.25) is 0 Å². The van der Waals surface area contributed by atoms with Gasteiger partial charge in [0, 0.05) is 5.69 Å². The van der Waals surface area contributed by atoms with Crippen LogP contribution in [-0.2, 0) is 6.61 Å². The SMILES string of the molecule is Cc1noc(C)c1COc1ccccc1C(=O)Nc1ccc2[nH]c(=O)[nH]c2c1. The van der Waals surface area contributed by atoms with Crippen molar-refractivity contribution in [1.29, 1.82) is 0 Å². The second kappa shape index (κ2) is 7.07. The third kappa shape index (κ3) is 3.39. The average molecular weight is 378 g/mol. The summed E-state index contributed by atoms with van der Waals surface area (Å²) in [5, 5.41) is 6.74. The molecule has 2 heterocycles. The maximum absolute atomic E-state index is 12.8. The lowest BCUT2D eigenvalue weighted by molar-refractivity contribution is 0.102. The predicted octanol–water partition coefficient (Wildman–Crippen LogP) is 3.29. The first-order valence-electron chi connectivity index (χ1n) is 8.68. The lowest BCUT2D eigenvalue weighted by Gasteiger charge is -2.12. The third-order valence-electron chi connectivity index (χ3n) is 4.46. The largest absolute Gasteiger partial charge is 0.488 e. The lowest BCUT2D eigenvalue weighted by atomic mass is 10.1. The molecule has 0 aliphatic rings. The number of fused-ring (bicyclic) bond motifs is 1. The highest BCUT2D eigenvalue weighted by atomic mass is 16.5. The van der Waals surface area contributed by atoms with Crippen molar-refractivity contribution >= 4 is 22.6 Å². The van der Waals surface area contributed by atoms with Crippen molar-refractivity contribution in [2.75, 3.05) is 5.32 Å². The van der Waals surface area contributed by atoms with Crippen LogP contribution < -0.4 is 15.7 Å². The van der Waals surface area contributed by atoms with Gasteiger partial charge in [0.05, 0.1) is 27.9 Å². The van der Waals surface area contributed by atoms with Gasteiger partial charge in [-0.2, -0.15) is 0 Å². The van der Waals surface area contributed by atoms with E-state index in [1.165, 1.54) is 0 Å². The van der Waals surface area contributed by atoms with Crippen molar-refractivity contribution in [3.63, 3.8) is 0 Å². The zero-order chi connectivity index (χ0) is 19.7. The van der Waals surface area contributed by atoms with E-state index in [4.69, 9.17) is 9.26 Å². The van der Waals surface area contributed by atoms with E-state index in [0.717, 1.165) is 11.3 Å². The number of aromatic amines is 2. The monoisotopic (exact) mass is 378 g/mol. The summed E-state index contributed by atoms with van der Waals surface area (Å²) < 4.78 is 11.0. The van der Waals surface area contributed by atoms with E-state index >= 15 is 0 Å². The third-order valence-corrected chi connectivity index (χ3v) is 4.46. The number of imidazole rings is 1. The summed E-state index contributed by atoms with van der Waals surface area (Å²) in [6.45, 7) is 3.91. The Labute approximate surface area is 159 Å². The lowest BCUT2D eigenvalue weighted by Crippen LogP contribution is -2.13. The van der Waals surface area contributed by atoms with Gasteiger partial charge in [-0.3, -0.25) is 4.79 Å². The van der Waals surface area contributed by atoms with Crippen LogP contribution in [0.25, 0.3) is 11.0 Å². The molecule has 0 unspecified atom stereocenters. The number of aryl methyl sites for hydroxylation is 2. The number of nitrogens with one attached hydrogen (secondary N) is 3. The Morgan fingerprint density at radius 2 is 1.93 bits per heavy atom. The number of hydrogen-bond donors (Lipinski definition) is 3. The number of hydrogen-bond acceptors (Lipinski definition) is 5. The molecule has 4 aromatic rings. The average Bonchev–Trinajstić information content (AvgIpc) is 3.20. The van der Waals surface area contributed by atoms with Gasteiger partial charge in [-0.15, -0.1) is 0 Å². The Hall–Kier alpha value is -3.81. The number of rotatable bonds is 5. The highest BCUT2D eigenvalue weighted by Crippen LogP contribution is 2.23. The van der Waals surface area contributed by atoms with E-state index in [-0.39, 0.29) is 18.2 Å². The molecule has 28 heavy (non-hydrogen) atoms. The van der Waals surface area contributed by atoms with Crippen LogP contribution in [0.1, 0.15) is 27.4 Å². The van der Waals surface area contributed by atoms with Crippen molar-refractivity contribution in [3.8, 4) is 5.75 Å². The molecule has 0 spiro atoms. The molecule has 8 heteroatoms. The molecule has 0 fully saturated rings. The van der Waals surface area contributed by atoms with E-state index in [1.807, 2.05) is 13.8 Å². The van der Waals surface area contributed by atoms with Gasteiger partial charge < -0.3 is 24.5 Å². The number of aromatic nitrogens is 3. The molecular formula is C20H18N4O4. The highest BCUT2D eigenvalue weighted by Gasteiger charge is 2.15. The molecule has 1 amide bonds. The van der Waals surface area contributed by atoms with Gasteiger partial charge in [-0.25, -0.2) is 4.79 Å². The minimum absolute atomic E-state index is 0.252. The van der Waals surface area contributed by atoms with E-state index in [2.05, 4.69) is 20.4 Å². The summed E-state index contributed by atoms with van der Waals surface area (Å²) in [7, 11) is 0. The number of anilines is 1.